The smallest absolute Gasteiger partial charge is 0.0748 e. The summed E-state index contributed by atoms with van der Waals surface area (Å²) >= 11 is 0. The highest BCUT2D eigenvalue weighted by Gasteiger charge is 2.59. The Morgan fingerprint density at radius 1 is 0.375 bits per heavy atom. The molecule has 4 atom stereocenters. The third kappa shape index (κ3) is 6.91. The van der Waals surface area contributed by atoms with Gasteiger partial charge in [0.2, 0.25) is 0 Å². The van der Waals surface area contributed by atoms with Gasteiger partial charge in [-0.15, -0.1) is 0 Å². The molecule has 0 aromatic heterocycles. The molecule has 2 heteroatoms. The van der Waals surface area contributed by atoms with Gasteiger partial charge in [-0.3, -0.25) is 0 Å². The van der Waals surface area contributed by atoms with E-state index < -0.39 is 5.41 Å². The molecule has 1 aliphatic heterocycles. The van der Waals surface area contributed by atoms with E-state index in [0.29, 0.717) is 0 Å². The highest BCUT2D eigenvalue weighted by molar-refractivity contribution is 6.00. The molecule has 378 valence electrons. The second-order valence-corrected chi connectivity index (χ2v) is 22.2. The van der Waals surface area contributed by atoms with Crippen LogP contribution in [-0.2, 0) is 5.41 Å². The van der Waals surface area contributed by atoms with Crippen LogP contribution in [0.3, 0.4) is 0 Å². The van der Waals surface area contributed by atoms with Crippen LogP contribution in [0.15, 0.2) is 314 Å². The summed E-state index contributed by atoms with van der Waals surface area (Å²) in [6.45, 7) is 2.56. The van der Waals surface area contributed by atoms with Gasteiger partial charge in [-0.1, -0.05) is 250 Å². The minimum absolute atomic E-state index is 0.0357. The fraction of sp³-hybridized carbons (Fsp3) is 0.0769. The van der Waals surface area contributed by atoms with E-state index in [1.54, 1.807) is 0 Å². The maximum absolute atomic E-state index is 2.67. The molecule has 11 aromatic carbocycles. The van der Waals surface area contributed by atoms with Crippen molar-refractivity contribution in [3.8, 4) is 44.5 Å². The van der Waals surface area contributed by atoms with Gasteiger partial charge in [0, 0.05) is 46.2 Å². The molecule has 4 unspecified atom stereocenters. The number of allylic oxidation sites excluding steroid dienone is 4. The van der Waals surface area contributed by atoms with Crippen molar-refractivity contribution >= 4 is 34.0 Å². The van der Waals surface area contributed by atoms with Gasteiger partial charge < -0.3 is 9.80 Å². The van der Waals surface area contributed by atoms with Gasteiger partial charge in [0.15, 0.2) is 0 Å². The molecule has 0 radical (unpaired) electrons. The number of fused-ring (bicyclic) bond motifs is 12. The topological polar surface area (TPSA) is 6.48 Å². The Kier molecular flexibility index (Phi) is 10.7. The third-order valence-corrected chi connectivity index (χ3v) is 18.2. The minimum Gasteiger partial charge on any atom is -0.330 e. The monoisotopic (exact) mass is 1020 g/mol. The predicted molar refractivity (Wildman–Crippen MR) is 332 cm³/mol. The summed E-state index contributed by atoms with van der Waals surface area (Å²) in [5.74, 6) is 0.113. The van der Waals surface area contributed by atoms with Crippen molar-refractivity contribution in [2.75, 3.05) is 9.80 Å². The lowest BCUT2D eigenvalue weighted by Gasteiger charge is -2.52. The summed E-state index contributed by atoms with van der Waals surface area (Å²) in [6.07, 6.45) is 5.10. The van der Waals surface area contributed by atoms with Crippen molar-refractivity contribution in [3.63, 3.8) is 0 Å². The van der Waals surface area contributed by atoms with Crippen molar-refractivity contribution in [3.05, 3.63) is 347 Å². The van der Waals surface area contributed by atoms with E-state index in [4.69, 9.17) is 0 Å². The first-order valence-corrected chi connectivity index (χ1v) is 28.3. The molecule has 0 amide bonds. The van der Waals surface area contributed by atoms with Crippen LogP contribution in [0.5, 0.6) is 0 Å². The van der Waals surface area contributed by atoms with Crippen LogP contribution in [-0.4, -0.2) is 6.04 Å². The highest BCUT2D eigenvalue weighted by atomic mass is 15.2. The quantitative estimate of drug-likeness (QED) is 0.140. The van der Waals surface area contributed by atoms with Crippen LogP contribution in [0, 0.1) is 5.92 Å². The maximum atomic E-state index is 2.67. The lowest BCUT2D eigenvalue weighted by Crippen LogP contribution is -2.44. The molecule has 80 heavy (non-hydrogen) atoms. The lowest BCUT2D eigenvalue weighted by molar-refractivity contribution is 0.576. The Morgan fingerprint density at radius 3 is 1.32 bits per heavy atom. The van der Waals surface area contributed by atoms with Crippen molar-refractivity contribution in [1.29, 1.82) is 0 Å². The van der Waals surface area contributed by atoms with Crippen molar-refractivity contribution in [1.82, 2.24) is 0 Å². The number of hydrogen-bond acceptors (Lipinski definition) is 2. The molecule has 11 aromatic rings. The normalized spacial score (nSPS) is 18.5. The maximum Gasteiger partial charge on any atom is 0.0748 e. The predicted octanol–water partition coefficient (Wildman–Crippen LogP) is 19.8. The Morgan fingerprint density at radius 2 is 0.800 bits per heavy atom. The second kappa shape index (κ2) is 18.4. The van der Waals surface area contributed by atoms with Crippen molar-refractivity contribution in [2.24, 2.45) is 5.92 Å². The fourth-order valence-corrected chi connectivity index (χ4v) is 15.0. The summed E-state index contributed by atoms with van der Waals surface area (Å²) in [4.78, 5) is 5.15. The summed E-state index contributed by atoms with van der Waals surface area (Å²) in [7, 11) is 0. The Balaban J connectivity index is 0.976. The summed E-state index contributed by atoms with van der Waals surface area (Å²) in [5, 5.41) is 0. The number of hydrogen-bond donors (Lipinski definition) is 0. The van der Waals surface area contributed by atoms with Crippen LogP contribution in [0.2, 0.25) is 0 Å². The first kappa shape index (κ1) is 46.3. The molecular weight excluding hydrogens is 965 g/mol. The second-order valence-electron chi connectivity index (χ2n) is 22.2. The largest absolute Gasteiger partial charge is 0.330 e. The van der Waals surface area contributed by atoms with E-state index in [9.17, 15) is 0 Å². The number of benzene rings is 11. The summed E-state index contributed by atoms with van der Waals surface area (Å²) in [6, 6.07) is 107. The Labute approximate surface area is 469 Å². The number of anilines is 5. The molecule has 0 saturated heterocycles. The molecule has 0 N–H and O–H groups in total. The summed E-state index contributed by atoms with van der Waals surface area (Å²) < 4.78 is 0. The van der Waals surface area contributed by atoms with Gasteiger partial charge in [0.05, 0.1) is 11.5 Å². The molecule has 1 heterocycles. The van der Waals surface area contributed by atoms with Crippen LogP contribution in [0.25, 0.3) is 50.1 Å². The molecule has 1 spiro atoms. The van der Waals surface area contributed by atoms with Gasteiger partial charge in [-0.05, 0) is 155 Å². The lowest BCUT2D eigenvalue weighted by atomic mass is 9.57. The van der Waals surface area contributed by atoms with Gasteiger partial charge in [0.25, 0.3) is 0 Å². The van der Waals surface area contributed by atoms with Crippen LogP contribution < -0.4 is 9.80 Å². The molecule has 16 rings (SSSR count). The number of rotatable bonds is 8. The third-order valence-electron chi connectivity index (χ3n) is 18.2. The zero-order chi connectivity index (χ0) is 52.9. The first-order chi connectivity index (χ1) is 39.6. The van der Waals surface area contributed by atoms with Gasteiger partial charge in [-0.2, -0.15) is 0 Å². The molecule has 4 aliphatic carbocycles. The summed E-state index contributed by atoms with van der Waals surface area (Å²) in [5.41, 5.74) is 29.3. The molecular formula is C78H56N2. The van der Waals surface area contributed by atoms with E-state index in [0.717, 1.165) is 17.1 Å². The van der Waals surface area contributed by atoms with E-state index >= 15 is 0 Å². The SMILES string of the molecule is CC1C2=C3C(C4=C1C1(c5ccccc54)c4ccccc4-c4ccccc41)c1cc(N(c4ccc(-c5ccccc5)cc4)c4ccc(-c5ccccc5)cc4)ccc1N(c1ccc(-c4ccccc4)cc1)C3C=CC2c1ccccc1. The van der Waals surface area contributed by atoms with E-state index in [1.165, 1.54) is 112 Å². The van der Waals surface area contributed by atoms with E-state index in [2.05, 4.69) is 314 Å². The van der Waals surface area contributed by atoms with Crippen LogP contribution >= 0.6 is 0 Å². The van der Waals surface area contributed by atoms with Gasteiger partial charge >= 0.3 is 0 Å². The fourth-order valence-electron chi connectivity index (χ4n) is 15.0. The molecule has 2 nitrogen and oxygen atoms in total. The Bertz CT molecular complexity index is 4160. The molecule has 0 fully saturated rings. The molecule has 5 aliphatic rings. The highest BCUT2D eigenvalue weighted by Crippen LogP contribution is 2.71. The first-order valence-electron chi connectivity index (χ1n) is 28.3. The minimum atomic E-state index is -0.482. The van der Waals surface area contributed by atoms with E-state index in [-0.39, 0.29) is 23.8 Å². The standard InChI is InChI=1S/C78H56N2/c1-51-73-63(58-26-12-5-13-27-58)47-49-72-76(73)74(75-66-30-16-19-33-70(66)78(77(51)75)68-31-17-14-28-64(68)65-29-15-18-32-69(65)78)67-50-62(46-48-71(67)80(72)61-44-38-57(39-45-61)54-24-10-4-11-25-54)79(59-40-34-55(35-41-59)52-20-6-2-7-21-52)60-42-36-56(37-43-60)53-22-8-3-9-23-53/h2-51,63,72,74H,1H3. The van der Waals surface area contributed by atoms with Crippen LogP contribution in [0.1, 0.15) is 52.1 Å². The zero-order valence-corrected chi connectivity index (χ0v) is 44.5. The average Bonchev–Trinajstić information content (AvgIpc) is 4.09. The van der Waals surface area contributed by atoms with Gasteiger partial charge in [0.1, 0.15) is 0 Å². The number of nitrogens with zero attached hydrogens (tertiary/aromatic N) is 2. The average molecular weight is 1020 g/mol. The van der Waals surface area contributed by atoms with Crippen molar-refractivity contribution < 1.29 is 0 Å². The van der Waals surface area contributed by atoms with E-state index in [1.807, 2.05) is 0 Å². The van der Waals surface area contributed by atoms with Crippen LogP contribution in [0.4, 0.5) is 28.4 Å². The van der Waals surface area contributed by atoms with Gasteiger partial charge in [-0.25, -0.2) is 0 Å². The zero-order valence-electron chi connectivity index (χ0n) is 44.5. The Hall–Kier alpha value is -9.76. The molecule has 0 saturated carbocycles. The van der Waals surface area contributed by atoms with Crippen molar-refractivity contribution in [2.45, 2.75) is 30.2 Å². The molecule has 0 bridgehead atoms.